The first-order chi connectivity index (χ1) is 6.08. The van der Waals surface area contributed by atoms with Gasteiger partial charge in [0.1, 0.15) is 0 Å². The highest BCUT2D eigenvalue weighted by Gasteiger charge is 2.23. The fraction of sp³-hybridized carbons (Fsp3) is 1.00. The van der Waals surface area contributed by atoms with Gasteiger partial charge in [-0.1, -0.05) is 12.8 Å². The predicted octanol–water partition coefficient (Wildman–Crippen LogP) is 1.53. The molecule has 2 nitrogen and oxygen atoms in total. The molecule has 13 heavy (non-hydrogen) atoms. The molecule has 3 atom stereocenters. The van der Waals surface area contributed by atoms with E-state index in [0.717, 1.165) is 11.7 Å². The van der Waals surface area contributed by atoms with Crippen LogP contribution in [-0.4, -0.2) is 28.3 Å². The zero-order valence-electron chi connectivity index (χ0n) is 8.88. The van der Waals surface area contributed by atoms with Crippen LogP contribution in [0.4, 0.5) is 0 Å². The summed E-state index contributed by atoms with van der Waals surface area (Å²) in [7, 11) is -0.672. The Morgan fingerprint density at radius 3 is 2.46 bits per heavy atom. The summed E-state index contributed by atoms with van der Waals surface area (Å²) in [6.07, 6.45) is 5.89. The minimum Gasteiger partial charge on any atom is -0.311 e. The van der Waals surface area contributed by atoms with Crippen LogP contribution in [0.5, 0.6) is 0 Å². The molecule has 0 saturated heterocycles. The largest absolute Gasteiger partial charge is 0.311 e. The monoisotopic (exact) mass is 203 g/mol. The van der Waals surface area contributed by atoms with Gasteiger partial charge in [-0.05, 0) is 26.2 Å². The van der Waals surface area contributed by atoms with Gasteiger partial charge >= 0.3 is 0 Å². The molecule has 0 amide bonds. The van der Waals surface area contributed by atoms with Crippen LogP contribution in [0.2, 0.25) is 0 Å². The summed E-state index contributed by atoms with van der Waals surface area (Å²) in [6.45, 7) is 4.35. The van der Waals surface area contributed by atoms with Crippen molar-refractivity contribution in [1.82, 2.24) is 5.32 Å². The summed E-state index contributed by atoms with van der Waals surface area (Å²) < 4.78 is 10.9. The van der Waals surface area contributed by atoms with Crippen molar-refractivity contribution in [2.75, 3.05) is 12.0 Å². The summed E-state index contributed by atoms with van der Waals surface area (Å²) >= 11 is 0. The molecule has 0 aromatic heterocycles. The third-order valence-electron chi connectivity index (χ3n) is 2.44. The van der Waals surface area contributed by atoms with Crippen molar-refractivity contribution in [3.8, 4) is 0 Å². The smallest absolute Gasteiger partial charge is 0.0383 e. The number of hydrogen-bond acceptors (Lipinski definition) is 2. The van der Waals surface area contributed by atoms with Crippen molar-refractivity contribution < 1.29 is 4.21 Å². The van der Waals surface area contributed by atoms with Crippen LogP contribution in [0, 0.1) is 5.92 Å². The SMILES string of the molecule is CC(CC1CC1)NC(C)CS(C)=O. The molecule has 3 unspecified atom stereocenters. The van der Waals surface area contributed by atoms with Gasteiger partial charge in [-0.25, -0.2) is 0 Å². The fourth-order valence-corrected chi connectivity index (χ4v) is 2.61. The third-order valence-corrected chi connectivity index (χ3v) is 3.41. The molecule has 0 heterocycles. The van der Waals surface area contributed by atoms with Gasteiger partial charge < -0.3 is 5.32 Å². The van der Waals surface area contributed by atoms with Gasteiger partial charge in [-0.3, -0.25) is 4.21 Å². The maximum Gasteiger partial charge on any atom is 0.0383 e. The topological polar surface area (TPSA) is 29.1 Å². The second kappa shape index (κ2) is 5.11. The van der Waals surface area contributed by atoms with Gasteiger partial charge in [0, 0.05) is 34.9 Å². The molecule has 1 saturated carbocycles. The molecule has 1 rings (SSSR count). The molecular weight excluding hydrogens is 182 g/mol. The number of nitrogens with one attached hydrogen (secondary N) is 1. The lowest BCUT2D eigenvalue weighted by Gasteiger charge is -2.18. The molecular formula is C10H21NOS. The van der Waals surface area contributed by atoms with E-state index in [1.165, 1.54) is 19.3 Å². The summed E-state index contributed by atoms with van der Waals surface area (Å²) in [4.78, 5) is 0. The van der Waals surface area contributed by atoms with Gasteiger partial charge in [-0.2, -0.15) is 0 Å². The lowest BCUT2D eigenvalue weighted by Crippen LogP contribution is -2.38. The Bertz CT molecular complexity index is 180. The van der Waals surface area contributed by atoms with Crippen molar-refractivity contribution in [2.45, 2.75) is 45.2 Å². The normalized spacial score (nSPS) is 23.9. The second-order valence-electron chi connectivity index (χ2n) is 4.39. The third kappa shape index (κ3) is 5.42. The second-order valence-corrected chi connectivity index (χ2v) is 5.87. The zero-order valence-corrected chi connectivity index (χ0v) is 9.69. The highest BCUT2D eigenvalue weighted by molar-refractivity contribution is 7.84. The summed E-state index contributed by atoms with van der Waals surface area (Å²) in [5.41, 5.74) is 0. The van der Waals surface area contributed by atoms with Crippen LogP contribution >= 0.6 is 0 Å². The van der Waals surface area contributed by atoms with E-state index in [9.17, 15) is 4.21 Å². The van der Waals surface area contributed by atoms with Crippen LogP contribution in [0.15, 0.2) is 0 Å². The van der Waals surface area contributed by atoms with Crippen molar-refractivity contribution in [2.24, 2.45) is 5.92 Å². The summed E-state index contributed by atoms with van der Waals surface area (Å²) in [6, 6.07) is 0.977. The maximum atomic E-state index is 10.9. The molecule has 0 bridgehead atoms. The summed E-state index contributed by atoms with van der Waals surface area (Å²) in [5.74, 6) is 1.75. The van der Waals surface area contributed by atoms with E-state index in [1.54, 1.807) is 6.26 Å². The van der Waals surface area contributed by atoms with Crippen LogP contribution in [-0.2, 0) is 10.8 Å². The lowest BCUT2D eigenvalue weighted by molar-refractivity contribution is 0.448. The Kier molecular flexibility index (Phi) is 4.39. The predicted molar refractivity (Wildman–Crippen MR) is 58.3 cm³/mol. The molecule has 0 spiro atoms. The molecule has 78 valence electrons. The quantitative estimate of drug-likeness (QED) is 0.709. The van der Waals surface area contributed by atoms with Crippen LogP contribution in [0.25, 0.3) is 0 Å². The van der Waals surface area contributed by atoms with Crippen molar-refractivity contribution >= 4 is 10.8 Å². The van der Waals surface area contributed by atoms with Crippen molar-refractivity contribution in [3.05, 3.63) is 0 Å². The van der Waals surface area contributed by atoms with E-state index in [4.69, 9.17) is 0 Å². The highest BCUT2D eigenvalue weighted by Crippen LogP contribution is 2.33. The molecule has 1 aliphatic carbocycles. The molecule has 0 aromatic rings. The summed E-state index contributed by atoms with van der Waals surface area (Å²) in [5, 5.41) is 3.49. The van der Waals surface area contributed by atoms with E-state index in [-0.39, 0.29) is 0 Å². The lowest BCUT2D eigenvalue weighted by atomic mass is 10.1. The standard InChI is InChI=1S/C10H21NOS/c1-8(6-10-4-5-10)11-9(2)7-13(3)12/h8-11H,4-7H2,1-3H3. The molecule has 1 aliphatic rings. The van der Waals surface area contributed by atoms with E-state index in [1.807, 2.05) is 0 Å². The first kappa shape index (κ1) is 11.2. The molecule has 1 N–H and O–H groups in total. The minimum atomic E-state index is -0.672. The number of hydrogen-bond donors (Lipinski definition) is 1. The van der Waals surface area contributed by atoms with Crippen LogP contribution in [0.1, 0.15) is 33.1 Å². The van der Waals surface area contributed by atoms with Crippen LogP contribution < -0.4 is 5.32 Å². The number of rotatable bonds is 6. The highest BCUT2D eigenvalue weighted by atomic mass is 32.2. The fourth-order valence-electron chi connectivity index (χ4n) is 1.81. The molecule has 3 heteroatoms. The molecule has 0 radical (unpaired) electrons. The van der Waals surface area contributed by atoms with E-state index >= 15 is 0 Å². The van der Waals surface area contributed by atoms with Crippen molar-refractivity contribution in [3.63, 3.8) is 0 Å². The average molecular weight is 203 g/mol. The van der Waals surface area contributed by atoms with Crippen molar-refractivity contribution in [1.29, 1.82) is 0 Å². The Labute approximate surface area is 83.9 Å². The zero-order chi connectivity index (χ0) is 9.84. The van der Waals surface area contributed by atoms with E-state index < -0.39 is 10.8 Å². The Morgan fingerprint density at radius 1 is 1.38 bits per heavy atom. The van der Waals surface area contributed by atoms with E-state index in [2.05, 4.69) is 19.2 Å². The minimum absolute atomic E-state index is 0.389. The van der Waals surface area contributed by atoms with Gasteiger partial charge in [0.25, 0.3) is 0 Å². The Balaban J connectivity index is 2.09. The first-order valence-electron chi connectivity index (χ1n) is 5.14. The van der Waals surface area contributed by atoms with E-state index in [0.29, 0.717) is 12.1 Å². The van der Waals surface area contributed by atoms with Gasteiger partial charge in [-0.15, -0.1) is 0 Å². The first-order valence-corrected chi connectivity index (χ1v) is 6.86. The Morgan fingerprint density at radius 2 is 2.00 bits per heavy atom. The molecule has 1 fully saturated rings. The Hall–Kier alpha value is 0.110. The van der Waals surface area contributed by atoms with Crippen LogP contribution in [0.3, 0.4) is 0 Å². The van der Waals surface area contributed by atoms with Gasteiger partial charge in [0.15, 0.2) is 0 Å². The molecule has 0 aromatic carbocycles. The molecule has 0 aliphatic heterocycles. The van der Waals surface area contributed by atoms with Gasteiger partial charge in [0.05, 0.1) is 0 Å². The maximum absolute atomic E-state index is 10.9. The average Bonchev–Trinajstić information content (AvgIpc) is 2.67. The van der Waals surface area contributed by atoms with Gasteiger partial charge in [0.2, 0.25) is 0 Å².